The van der Waals surface area contributed by atoms with Crippen molar-refractivity contribution in [2.24, 2.45) is 5.41 Å². The fourth-order valence-electron chi connectivity index (χ4n) is 5.60. The Balaban J connectivity index is 1.51. The molecular weight excluding hydrogens is 732 g/mol. The third kappa shape index (κ3) is 16.7. The van der Waals surface area contributed by atoms with Crippen LogP contribution in [0.15, 0.2) is 77.7 Å². The van der Waals surface area contributed by atoms with Crippen LogP contribution >= 0.6 is 11.6 Å². The third-order valence-electron chi connectivity index (χ3n) is 8.66. The van der Waals surface area contributed by atoms with Crippen LogP contribution in [-0.4, -0.2) is 36.2 Å². The minimum Gasteiger partial charge on any atom is -0.473 e. The van der Waals surface area contributed by atoms with Gasteiger partial charge in [-0.1, -0.05) is 141 Å². The molecule has 3 aromatic carbocycles. The molecule has 0 fully saturated rings. The van der Waals surface area contributed by atoms with Crippen LogP contribution in [0.3, 0.4) is 0 Å². The molecule has 9 nitrogen and oxygen atoms in total. The summed E-state index contributed by atoms with van der Waals surface area (Å²) < 4.78 is 52.4. The topological polar surface area (TPSA) is 128 Å². The first-order valence-corrected chi connectivity index (χ1v) is 22.0. The molecule has 292 valence electrons. The summed E-state index contributed by atoms with van der Waals surface area (Å²) in [7, 11) is -3.64. The maximum absolute atomic E-state index is 13.6. The van der Waals surface area contributed by atoms with Crippen LogP contribution in [-0.2, 0) is 30.7 Å². The monoisotopic (exact) mass is 788 g/mol. The summed E-state index contributed by atoms with van der Waals surface area (Å²) in [6.07, 6.45) is 15.0. The van der Waals surface area contributed by atoms with Gasteiger partial charge < -0.3 is 14.2 Å². The molecule has 3 rings (SSSR count). The molecule has 0 aliphatic heterocycles. The van der Waals surface area contributed by atoms with Gasteiger partial charge in [0.2, 0.25) is 27.2 Å². The van der Waals surface area contributed by atoms with Gasteiger partial charge in [-0.15, -0.1) is 0 Å². The second kappa shape index (κ2) is 22.7. The van der Waals surface area contributed by atoms with Gasteiger partial charge in [-0.3, -0.25) is 14.3 Å². The lowest BCUT2D eigenvalue weighted by molar-refractivity contribution is -0.140. The molecular formula is C41H57ClN2O7S2. The number of unbranched alkanes of at least 4 members (excludes halogenated alkanes) is 13. The minimum atomic E-state index is -3.64. The Morgan fingerprint density at radius 1 is 0.755 bits per heavy atom. The van der Waals surface area contributed by atoms with E-state index in [9.17, 15) is 22.2 Å². The summed E-state index contributed by atoms with van der Waals surface area (Å²) in [6.45, 7) is 7.26. The van der Waals surface area contributed by atoms with Crippen LogP contribution in [0.5, 0.6) is 11.5 Å². The molecule has 12 heteroatoms. The molecule has 3 aromatic rings. The number of benzene rings is 3. The van der Waals surface area contributed by atoms with Gasteiger partial charge in [0.05, 0.1) is 27.0 Å². The van der Waals surface area contributed by atoms with Crippen LogP contribution in [0.2, 0.25) is 5.02 Å². The van der Waals surface area contributed by atoms with Crippen molar-refractivity contribution in [2.75, 3.05) is 15.8 Å². The number of anilines is 2. The number of rotatable bonds is 25. The highest BCUT2D eigenvalue weighted by Crippen LogP contribution is 2.29. The van der Waals surface area contributed by atoms with E-state index in [1.54, 1.807) is 45.0 Å². The molecule has 0 radical (unpaired) electrons. The summed E-state index contributed by atoms with van der Waals surface area (Å²) in [4.78, 5) is 27.3. The normalized spacial score (nSPS) is 12.8. The molecule has 0 aliphatic rings. The van der Waals surface area contributed by atoms with Crippen molar-refractivity contribution in [3.8, 4) is 11.5 Å². The Hall–Kier alpha value is -3.41. The average molecular weight is 790 g/mol. The fourth-order valence-corrected chi connectivity index (χ4v) is 7.67. The number of nitrogens with one attached hydrogen (secondary N) is 2. The molecule has 0 aliphatic carbocycles. The van der Waals surface area contributed by atoms with Crippen molar-refractivity contribution in [3.05, 3.63) is 77.8 Å². The summed E-state index contributed by atoms with van der Waals surface area (Å²) in [5.41, 5.74) is -0.593. The van der Waals surface area contributed by atoms with Gasteiger partial charge in [0.25, 0.3) is 5.91 Å². The van der Waals surface area contributed by atoms with Crippen molar-refractivity contribution in [1.82, 2.24) is 0 Å². The molecule has 2 N–H and O–H groups in total. The van der Waals surface area contributed by atoms with Gasteiger partial charge in [-0.2, -0.15) is 0 Å². The van der Waals surface area contributed by atoms with E-state index in [0.29, 0.717) is 17.1 Å². The summed E-state index contributed by atoms with van der Waals surface area (Å²) >= 11 is 4.60. The average Bonchev–Trinajstić information content (AvgIpc) is 3.12. The van der Waals surface area contributed by atoms with E-state index in [-0.39, 0.29) is 27.9 Å². The molecule has 1 amide bonds. The lowest BCUT2D eigenvalue weighted by Crippen LogP contribution is -2.45. The van der Waals surface area contributed by atoms with Crippen LogP contribution in [0, 0.1) is 5.41 Å². The number of para-hydroxylation sites is 1. The van der Waals surface area contributed by atoms with Crippen molar-refractivity contribution in [3.63, 3.8) is 0 Å². The second-order valence-electron chi connectivity index (χ2n) is 14.4. The van der Waals surface area contributed by atoms with Crippen LogP contribution < -0.4 is 19.0 Å². The van der Waals surface area contributed by atoms with E-state index >= 15 is 0 Å². The number of amides is 1. The molecule has 0 saturated carbocycles. The van der Waals surface area contributed by atoms with E-state index in [0.717, 1.165) is 19.3 Å². The standard InChI is InChI=1S/C41H57ClN2O7S2/c1-5-6-7-8-9-10-11-12-13-14-15-16-17-21-30-53(48,49)44-32-24-29-36(42)37(31-32)43-40(46)38(39(45)41(2,3)4)50-33-25-27-35(28-26-33)52(47)51-34-22-19-18-20-23-34/h18-20,22-29,31,38,44H,5-17,21,30H2,1-4H3,(H,43,46). The summed E-state index contributed by atoms with van der Waals surface area (Å²) in [6, 6.07) is 19.2. The van der Waals surface area contributed by atoms with Crippen molar-refractivity contribution >= 4 is 55.8 Å². The van der Waals surface area contributed by atoms with E-state index in [1.807, 2.05) is 6.07 Å². The maximum Gasteiger partial charge on any atom is 0.273 e. The number of ketones is 1. The highest BCUT2D eigenvalue weighted by molar-refractivity contribution is 7.92. The predicted molar refractivity (Wildman–Crippen MR) is 217 cm³/mol. The van der Waals surface area contributed by atoms with Gasteiger partial charge in [-0.25, -0.2) is 12.6 Å². The number of halogens is 1. The first kappa shape index (κ1) is 44.0. The highest BCUT2D eigenvalue weighted by Gasteiger charge is 2.37. The first-order chi connectivity index (χ1) is 25.3. The van der Waals surface area contributed by atoms with E-state index in [2.05, 4.69) is 17.0 Å². The SMILES string of the molecule is CCCCCCCCCCCCCCCCS(=O)(=O)Nc1ccc(Cl)c(NC(=O)C(Oc2ccc(S(=O)Oc3ccccc3)cc2)C(=O)C(C)(C)C)c1. The number of carbonyl (C=O) groups is 2. The number of hydrogen-bond donors (Lipinski definition) is 2. The van der Waals surface area contributed by atoms with E-state index in [1.165, 1.54) is 107 Å². The first-order valence-electron chi connectivity index (χ1n) is 18.9. The molecule has 0 saturated heterocycles. The largest absolute Gasteiger partial charge is 0.473 e. The Labute approximate surface area is 324 Å². The third-order valence-corrected chi connectivity index (χ3v) is 11.4. The van der Waals surface area contributed by atoms with Gasteiger partial charge in [0.15, 0.2) is 5.78 Å². The Morgan fingerprint density at radius 2 is 1.30 bits per heavy atom. The zero-order valence-electron chi connectivity index (χ0n) is 31.7. The Kier molecular flexibility index (Phi) is 18.9. The Morgan fingerprint density at radius 3 is 1.85 bits per heavy atom. The molecule has 0 bridgehead atoms. The lowest BCUT2D eigenvalue weighted by Gasteiger charge is -2.25. The van der Waals surface area contributed by atoms with Crippen LogP contribution in [0.25, 0.3) is 0 Å². The zero-order chi connectivity index (χ0) is 38.7. The molecule has 0 spiro atoms. The summed E-state index contributed by atoms with van der Waals surface area (Å²) in [5.74, 6) is -0.653. The maximum atomic E-state index is 13.6. The van der Waals surface area contributed by atoms with Crippen LogP contribution in [0.1, 0.15) is 118 Å². The number of hydrogen-bond acceptors (Lipinski definition) is 7. The molecule has 0 heterocycles. The zero-order valence-corrected chi connectivity index (χ0v) is 34.1. The quantitative estimate of drug-likeness (QED) is 0.0646. The number of carbonyl (C=O) groups excluding carboxylic acids is 2. The van der Waals surface area contributed by atoms with Crippen molar-refractivity contribution in [2.45, 2.75) is 129 Å². The molecule has 53 heavy (non-hydrogen) atoms. The molecule has 0 aromatic heterocycles. The Bertz CT molecular complexity index is 1700. The molecule has 2 atom stereocenters. The van der Waals surface area contributed by atoms with Gasteiger partial charge in [-0.05, 0) is 61.0 Å². The summed E-state index contributed by atoms with van der Waals surface area (Å²) in [5, 5.41) is 2.80. The van der Waals surface area contributed by atoms with E-state index < -0.39 is 44.3 Å². The van der Waals surface area contributed by atoms with Crippen molar-refractivity contribution < 1.29 is 31.1 Å². The van der Waals surface area contributed by atoms with Crippen molar-refractivity contribution in [1.29, 1.82) is 0 Å². The van der Waals surface area contributed by atoms with Gasteiger partial charge in [0.1, 0.15) is 11.5 Å². The van der Waals surface area contributed by atoms with Gasteiger partial charge >= 0.3 is 0 Å². The van der Waals surface area contributed by atoms with Crippen LogP contribution in [0.4, 0.5) is 11.4 Å². The fraction of sp³-hybridized carbons (Fsp3) is 0.512. The predicted octanol–water partition coefficient (Wildman–Crippen LogP) is 10.7. The number of Topliss-reactive ketones (excluding diaryl/α,β-unsaturated/α-hetero) is 1. The number of ether oxygens (including phenoxy) is 1. The van der Waals surface area contributed by atoms with E-state index in [4.69, 9.17) is 20.5 Å². The smallest absolute Gasteiger partial charge is 0.273 e. The second-order valence-corrected chi connectivity index (χ2v) is 17.8. The molecule has 2 unspecified atom stereocenters. The highest BCUT2D eigenvalue weighted by atomic mass is 35.5. The number of sulfonamides is 1. The lowest BCUT2D eigenvalue weighted by atomic mass is 9.87. The van der Waals surface area contributed by atoms with Gasteiger partial charge in [0, 0.05) is 5.41 Å². The minimum absolute atomic E-state index is 0.0178.